The van der Waals surface area contributed by atoms with E-state index in [0.29, 0.717) is 24.9 Å². The normalized spacial score (nSPS) is 13.3. The fraction of sp³-hybridized carbons (Fsp3) is 0.423. The molecule has 3 rings (SSSR count). The van der Waals surface area contributed by atoms with Crippen molar-refractivity contribution in [2.75, 3.05) is 19.6 Å². The molecule has 2 heterocycles. The van der Waals surface area contributed by atoms with E-state index in [1.165, 1.54) is 11.3 Å². The molecule has 1 aromatic carbocycles. The topological polar surface area (TPSA) is 45.5 Å². The number of fused-ring (bicyclic) bond motifs is 1. The number of hydrogen-bond acceptors (Lipinski definition) is 4. The van der Waals surface area contributed by atoms with Gasteiger partial charge in [-0.15, -0.1) is 11.3 Å². The number of benzene rings is 1. The second-order valence-electron chi connectivity index (χ2n) is 9.09. The maximum Gasteiger partial charge on any atom is 0.195 e. The minimum atomic E-state index is -0.460. The second-order valence-corrected chi connectivity index (χ2v) is 10.0. The Morgan fingerprint density at radius 2 is 1.77 bits per heavy atom. The summed E-state index contributed by atoms with van der Waals surface area (Å²) < 4.78 is 2.11. The van der Waals surface area contributed by atoms with Crippen molar-refractivity contribution in [1.29, 1.82) is 0 Å². The molecule has 0 aliphatic carbocycles. The van der Waals surface area contributed by atoms with Gasteiger partial charge in [-0.25, -0.2) is 0 Å². The van der Waals surface area contributed by atoms with Gasteiger partial charge in [0, 0.05) is 48.8 Å². The summed E-state index contributed by atoms with van der Waals surface area (Å²) in [4.78, 5) is 15.5. The third-order valence-corrected chi connectivity index (χ3v) is 6.01. The largest absolute Gasteiger partial charge is 0.390 e. The number of carbonyl (C=O) groups is 1. The predicted molar refractivity (Wildman–Crippen MR) is 132 cm³/mol. The summed E-state index contributed by atoms with van der Waals surface area (Å²) >= 11 is 1.45. The SMILES string of the molecule is CC(C)CN(CC(C)C)C[C@H](O)Cn1cc(/C=C/C(=O)c2cccs2)c2ccccc21. The molecule has 3 aromatic rings. The molecule has 0 aliphatic rings. The molecule has 4 nitrogen and oxygen atoms in total. The second kappa shape index (κ2) is 10.9. The van der Waals surface area contributed by atoms with Gasteiger partial charge in [-0.1, -0.05) is 52.0 Å². The van der Waals surface area contributed by atoms with Crippen LogP contribution < -0.4 is 0 Å². The van der Waals surface area contributed by atoms with Crippen molar-refractivity contribution in [3.05, 3.63) is 64.5 Å². The molecule has 2 aromatic heterocycles. The van der Waals surface area contributed by atoms with E-state index in [9.17, 15) is 9.90 Å². The average molecular weight is 439 g/mol. The van der Waals surface area contributed by atoms with Gasteiger partial charge in [-0.3, -0.25) is 4.79 Å². The molecule has 0 fully saturated rings. The minimum absolute atomic E-state index is 0.0184. The Hall–Kier alpha value is -2.21. The number of para-hydroxylation sites is 1. The first-order valence-electron chi connectivity index (χ1n) is 11.1. The number of nitrogens with zero attached hydrogens (tertiary/aromatic N) is 2. The number of allylic oxidation sites excluding steroid dienone is 1. The highest BCUT2D eigenvalue weighted by Crippen LogP contribution is 2.23. The van der Waals surface area contributed by atoms with Gasteiger partial charge in [-0.2, -0.15) is 0 Å². The Balaban J connectivity index is 1.77. The average Bonchev–Trinajstić information content (AvgIpc) is 3.34. The highest BCUT2D eigenvalue weighted by atomic mass is 32.1. The quantitative estimate of drug-likeness (QED) is 0.314. The molecule has 0 saturated heterocycles. The fourth-order valence-corrected chi connectivity index (χ4v) is 4.71. The van der Waals surface area contributed by atoms with Gasteiger partial charge in [-0.05, 0) is 41.5 Å². The van der Waals surface area contributed by atoms with E-state index >= 15 is 0 Å². The molecule has 0 radical (unpaired) electrons. The number of aliphatic hydroxyl groups excluding tert-OH is 1. The minimum Gasteiger partial charge on any atom is -0.390 e. The summed E-state index contributed by atoms with van der Waals surface area (Å²) in [6.07, 6.45) is 5.11. The van der Waals surface area contributed by atoms with Gasteiger partial charge >= 0.3 is 0 Å². The lowest BCUT2D eigenvalue weighted by atomic mass is 10.1. The van der Waals surface area contributed by atoms with Crippen molar-refractivity contribution >= 4 is 34.1 Å². The maximum absolute atomic E-state index is 12.4. The molecule has 5 heteroatoms. The molecule has 166 valence electrons. The van der Waals surface area contributed by atoms with E-state index in [0.717, 1.165) is 34.4 Å². The van der Waals surface area contributed by atoms with Crippen LogP contribution in [0.4, 0.5) is 0 Å². The van der Waals surface area contributed by atoms with Crippen LogP contribution >= 0.6 is 11.3 Å². The molecular formula is C26H34N2O2S. The number of ketones is 1. The van der Waals surface area contributed by atoms with Crippen LogP contribution in [-0.2, 0) is 6.54 Å². The zero-order chi connectivity index (χ0) is 22.4. The van der Waals surface area contributed by atoms with E-state index in [4.69, 9.17) is 0 Å². The van der Waals surface area contributed by atoms with Crippen LogP contribution in [0.3, 0.4) is 0 Å². The number of hydrogen-bond donors (Lipinski definition) is 1. The molecule has 1 atom stereocenters. The van der Waals surface area contributed by atoms with Crippen LogP contribution in [0.2, 0.25) is 0 Å². The van der Waals surface area contributed by atoms with Crippen molar-refractivity contribution in [2.45, 2.75) is 40.3 Å². The number of aliphatic hydroxyl groups is 1. The first-order valence-corrected chi connectivity index (χ1v) is 12.0. The van der Waals surface area contributed by atoms with E-state index in [-0.39, 0.29) is 5.78 Å². The lowest BCUT2D eigenvalue weighted by Crippen LogP contribution is -2.39. The number of carbonyl (C=O) groups excluding carboxylic acids is 1. The summed E-state index contributed by atoms with van der Waals surface area (Å²) in [7, 11) is 0. The monoisotopic (exact) mass is 438 g/mol. The van der Waals surface area contributed by atoms with Crippen LogP contribution in [0.5, 0.6) is 0 Å². The Labute approximate surface area is 189 Å². The standard InChI is InChI=1S/C26H34N2O2S/c1-19(2)14-27(15-20(3)4)17-22(29)18-28-16-21(23-8-5-6-9-24(23)28)11-12-25(30)26-10-7-13-31-26/h5-13,16,19-20,22,29H,14-15,17-18H2,1-4H3/b12-11+/t22-/m0/s1. The molecule has 31 heavy (non-hydrogen) atoms. The van der Waals surface area contributed by atoms with Crippen molar-refractivity contribution in [1.82, 2.24) is 9.47 Å². The highest BCUT2D eigenvalue weighted by Gasteiger charge is 2.16. The molecule has 1 N–H and O–H groups in total. The molecule has 0 amide bonds. The Morgan fingerprint density at radius 1 is 1.06 bits per heavy atom. The third kappa shape index (κ3) is 6.63. The van der Waals surface area contributed by atoms with E-state index in [2.05, 4.69) is 49.3 Å². The van der Waals surface area contributed by atoms with Crippen molar-refractivity contribution in [2.24, 2.45) is 11.8 Å². The molecule has 0 bridgehead atoms. The Bertz CT molecular complexity index is 992. The van der Waals surface area contributed by atoms with E-state index < -0.39 is 6.10 Å². The number of aromatic nitrogens is 1. The molecule has 0 spiro atoms. The van der Waals surface area contributed by atoms with Gasteiger partial charge in [0.2, 0.25) is 0 Å². The molecular weight excluding hydrogens is 404 g/mol. The number of thiophene rings is 1. The van der Waals surface area contributed by atoms with Crippen LogP contribution in [0.15, 0.2) is 54.1 Å². The Kier molecular flexibility index (Phi) is 8.24. The molecule has 0 saturated carbocycles. The van der Waals surface area contributed by atoms with Gasteiger partial charge in [0.15, 0.2) is 5.78 Å². The van der Waals surface area contributed by atoms with Crippen molar-refractivity contribution in [3.63, 3.8) is 0 Å². The zero-order valence-electron chi connectivity index (χ0n) is 19.0. The predicted octanol–water partition coefficient (Wildman–Crippen LogP) is 5.57. The molecule has 0 unspecified atom stereocenters. The van der Waals surface area contributed by atoms with E-state index in [1.807, 2.05) is 41.9 Å². The lowest BCUT2D eigenvalue weighted by molar-refractivity contribution is 0.0869. The van der Waals surface area contributed by atoms with Gasteiger partial charge in [0.25, 0.3) is 0 Å². The van der Waals surface area contributed by atoms with Gasteiger partial charge in [0.1, 0.15) is 0 Å². The summed E-state index contributed by atoms with van der Waals surface area (Å²) in [5.41, 5.74) is 2.07. The maximum atomic E-state index is 12.4. The van der Waals surface area contributed by atoms with Crippen molar-refractivity contribution < 1.29 is 9.90 Å². The van der Waals surface area contributed by atoms with Gasteiger partial charge < -0.3 is 14.6 Å². The van der Waals surface area contributed by atoms with E-state index in [1.54, 1.807) is 6.08 Å². The number of rotatable bonds is 11. The first kappa shape index (κ1) is 23.5. The van der Waals surface area contributed by atoms with Crippen LogP contribution in [0.25, 0.3) is 17.0 Å². The van der Waals surface area contributed by atoms with Crippen LogP contribution in [0.1, 0.15) is 42.9 Å². The smallest absolute Gasteiger partial charge is 0.195 e. The lowest BCUT2D eigenvalue weighted by Gasteiger charge is -2.28. The summed E-state index contributed by atoms with van der Waals surface area (Å²) in [6, 6.07) is 11.9. The Morgan fingerprint density at radius 3 is 2.42 bits per heavy atom. The fourth-order valence-electron chi connectivity index (χ4n) is 4.06. The third-order valence-electron chi connectivity index (χ3n) is 5.12. The van der Waals surface area contributed by atoms with Crippen LogP contribution in [0, 0.1) is 11.8 Å². The summed E-state index contributed by atoms with van der Waals surface area (Å²) in [5, 5.41) is 13.9. The van der Waals surface area contributed by atoms with Crippen LogP contribution in [-0.4, -0.2) is 46.1 Å². The molecule has 0 aliphatic heterocycles. The van der Waals surface area contributed by atoms with Gasteiger partial charge in [0.05, 0.1) is 11.0 Å². The first-order chi connectivity index (χ1) is 14.8. The summed E-state index contributed by atoms with van der Waals surface area (Å²) in [5.74, 6) is 1.15. The van der Waals surface area contributed by atoms with Crippen molar-refractivity contribution in [3.8, 4) is 0 Å². The highest BCUT2D eigenvalue weighted by molar-refractivity contribution is 7.12. The summed E-state index contributed by atoms with van der Waals surface area (Å²) in [6.45, 7) is 12.0. The zero-order valence-corrected chi connectivity index (χ0v) is 19.8.